The van der Waals surface area contributed by atoms with Crippen molar-refractivity contribution in [3.63, 3.8) is 0 Å². The maximum atomic E-state index is 8.62. The zero-order valence-corrected chi connectivity index (χ0v) is 9.07. The second-order valence-corrected chi connectivity index (χ2v) is 3.34. The van der Waals surface area contributed by atoms with E-state index in [-0.39, 0.29) is 44.3 Å². The van der Waals surface area contributed by atoms with Crippen molar-refractivity contribution in [2.75, 3.05) is 6.61 Å². The zero-order valence-electron chi connectivity index (χ0n) is 8.56. The van der Waals surface area contributed by atoms with Crippen LogP contribution in [0.1, 0.15) is 13.4 Å². The molecule has 74 valence electrons. The van der Waals surface area contributed by atoms with Crippen molar-refractivity contribution < 1.29 is 25.4 Å². The van der Waals surface area contributed by atoms with Gasteiger partial charge in [-0.2, -0.15) is 0 Å². The molecular weight excluding hydrogens is 229 g/mol. The van der Waals surface area contributed by atoms with Gasteiger partial charge in [0.2, 0.25) is 0 Å². The van der Waals surface area contributed by atoms with Gasteiger partial charge in [-0.25, -0.2) is 0 Å². The molecule has 1 rings (SSSR count). The van der Waals surface area contributed by atoms with Gasteiger partial charge in [-0.1, -0.05) is 29.3 Å². The zero-order chi connectivity index (χ0) is 8.97. The summed E-state index contributed by atoms with van der Waals surface area (Å²) in [5.41, 5.74) is 0.926. The summed E-state index contributed by atoms with van der Waals surface area (Å²) in [4.78, 5) is 0. The maximum Gasteiger partial charge on any atom is 1.00 e. The number of aliphatic hydroxyl groups is 1. The van der Waals surface area contributed by atoms with Gasteiger partial charge in [0, 0.05) is 16.7 Å². The Morgan fingerprint density at radius 3 is 2.14 bits per heavy atom. The second-order valence-electron chi connectivity index (χ2n) is 2.53. The average Bonchev–Trinajstić information content (AvgIpc) is 2.04. The molecule has 0 aliphatic rings. The Balaban J connectivity index is -0.000000480. The summed E-state index contributed by atoms with van der Waals surface area (Å²) in [7, 11) is 0. The Kier molecular flexibility index (Phi) is 11.3. The van der Waals surface area contributed by atoms with Gasteiger partial charge in [-0.15, -0.1) is 0 Å². The van der Waals surface area contributed by atoms with Crippen LogP contribution in [0, 0.1) is 0 Å². The van der Waals surface area contributed by atoms with Gasteiger partial charge in [0.1, 0.15) is 0 Å². The maximum absolute atomic E-state index is 8.62. The van der Waals surface area contributed by atoms with E-state index >= 15 is 0 Å². The van der Waals surface area contributed by atoms with Crippen LogP contribution in [0.5, 0.6) is 0 Å². The summed E-state index contributed by atoms with van der Waals surface area (Å²) in [5, 5.41) is 9.98. The molecule has 0 aliphatic heterocycles. The first kappa shape index (κ1) is 17.3. The van der Waals surface area contributed by atoms with Crippen LogP contribution >= 0.6 is 23.2 Å². The molecule has 1 aromatic carbocycles. The number of aliphatic hydroxyl groups excluding tert-OH is 1. The van der Waals surface area contributed by atoms with Gasteiger partial charge in [0.15, 0.2) is 17.4 Å². The van der Waals surface area contributed by atoms with Crippen molar-refractivity contribution >= 4 is 40.6 Å². The van der Waals surface area contributed by atoms with E-state index in [0.717, 1.165) is 12.0 Å². The van der Waals surface area contributed by atoms with E-state index in [2.05, 4.69) is 0 Å². The molecule has 1 nitrogen and oxygen atoms in total. The van der Waals surface area contributed by atoms with Gasteiger partial charge >= 0.3 is 18.9 Å². The van der Waals surface area contributed by atoms with Gasteiger partial charge < -0.3 is 6.53 Å². The number of rotatable bonds is 3. The van der Waals surface area contributed by atoms with Crippen LogP contribution < -0.4 is 18.9 Å². The first-order chi connectivity index (χ1) is 5.75. The molecule has 14 heavy (non-hydrogen) atoms. The number of hydrogen-bond acceptors (Lipinski definition) is 1. The van der Waals surface area contributed by atoms with Crippen LogP contribution in [0.15, 0.2) is 18.2 Å². The van der Waals surface area contributed by atoms with E-state index in [9.17, 15) is 0 Å². The molecule has 0 atom stereocenters. The third kappa shape index (κ3) is 5.11. The van der Waals surface area contributed by atoms with Gasteiger partial charge in [-0.3, -0.25) is 0 Å². The molecule has 0 spiro atoms. The molecular formula is C9H14AlCl2LiO. The number of hydrogen-bond donors (Lipinski definition) is 1. The summed E-state index contributed by atoms with van der Waals surface area (Å²) in [6, 6.07) is 5.42. The van der Waals surface area contributed by atoms with Crippen molar-refractivity contribution in [2.45, 2.75) is 12.8 Å². The molecule has 5 heteroatoms. The van der Waals surface area contributed by atoms with Crippen LogP contribution in [0.4, 0.5) is 0 Å². The van der Waals surface area contributed by atoms with Crippen LogP contribution in [-0.4, -0.2) is 29.1 Å². The van der Waals surface area contributed by atoms with Crippen molar-refractivity contribution in [3.05, 3.63) is 33.8 Å². The number of benzene rings is 1. The Bertz CT molecular complexity index is 256. The monoisotopic (exact) mass is 242 g/mol. The average molecular weight is 243 g/mol. The molecule has 1 aromatic rings. The normalized spacial score (nSPS) is 8.79. The smallest absolute Gasteiger partial charge is 1.00 e. The van der Waals surface area contributed by atoms with Gasteiger partial charge in [0.05, 0.1) is 0 Å². The fourth-order valence-electron chi connectivity index (χ4n) is 1.03. The minimum absolute atomic E-state index is 0. The Labute approximate surface area is 119 Å². The molecule has 0 radical (unpaired) electrons. The van der Waals surface area contributed by atoms with Crippen molar-refractivity contribution in [1.82, 2.24) is 0 Å². The third-order valence-electron chi connectivity index (χ3n) is 1.65. The summed E-state index contributed by atoms with van der Waals surface area (Å²) < 4.78 is 0. The standard InChI is InChI=1S/C9H10Cl2O.Al.Li.4H/c10-8-4-1-5-9(11)7(8)3-2-6-12;;;;;;/h1,4-5,12H,2-3,6H2;;;;;;/q;;+1;;;;-1. The molecule has 0 saturated heterocycles. The van der Waals surface area contributed by atoms with Gasteiger partial charge in [-0.05, 0) is 30.5 Å². The molecule has 0 unspecified atom stereocenters. The Morgan fingerprint density at radius 2 is 1.71 bits per heavy atom. The van der Waals surface area contributed by atoms with Crippen LogP contribution in [-0.2, 0) is 6.42 Å². The fourth-order valence-corrected chi connectivity index (χ4v) is 1.61. The van der Waals surface area contributed by atoms with E-state index in [1.165, 1.54) is 0 Å². The van der Waals surface area contributed by atoms with Crippen molar-refractivity contribution in [1.29, 1.82) is 0 Å². The fraction of sp³-hybridized carbons (Fsp3) is 0.333. The van der Waals surface area contributed by atoms with E-state index in [1.807, 2.05) is 6.07 Å². The predicted molar refractivity (Wildman–Crippen MR) is 62.9 cm³/mol. The first-order valence-electron chi connectivity index (χ1n) is 3.79. The molecule has 0 fully saturated rings. The molecule has 0 bridgehead atoms. The largest absolute Gasteiger partial charge is 1.00 e. The topological polar surface area (TPSA) is 20.2 Å². The molecule has 0 saturated carbocycles. The SMILES string of the molecule is OCCCc1c(Cl)cccc1Cl.[AlH3].[H-].[Li+]. The molecule has 0 aliphatic carbocycles. The molecule has 0 amide bonds. The summed E-state index contributed by atoms with van der Waals surface area (Å²) in [6.07, 6.45) is 1.43. The Hall–Kier alpha value is 0.890. The first-order valence-corrected chi connectivity index (χ1v) is 4.55. The summed E-state index contributed by atoms with van der Waals surface area (Å²) >= 11 is 11.8. The minimum Gasteiger partial charge on any atom is -1.00 e. The molecule has 0 heterocycles. The predicted octanol–water partition coefficient (Wildman–Crippen LogP) is -1.15. The van der Waals surface area contributed by atoms with E-state index in [1.54, 1.807) is 12.1 Å². The second kappa shape index (κ2) is 9.14. The Morgan fingerprint density at radius 1 is 1.21 bits per heavy atom. The van der Waals surface area contributed by atoms with E-state index in [4.69, 9.17) is 28.3 Å². The van der Waals surface area contributed by atoms with Crippen molar-refractivity contribution in [3.8, 4) is 0 Å². The van der Waals surface area contributed by atoms with Crippen LogP contribution in [0.25, 0.3) is 0 Å². The summed E-state index contributed by atoms with van der Waals surface area (Å²) in [6.45, 7) is 0.168. The van der Waals surface area contributed by atoms with Gasteiger partial charge in [0.25, 0.3) is 0 Å². The molecule has 0 aromatic heterocycles. The quantitative estimate of drug-likeness (QED) is 0.665. The van der Waals surface area contributed by atoms with Crippen LogP contribution in [0.3, 0.4) is 0 Å². The number of halogens is 2. The summed E-state index contributed by atoms with van der Waals surface area (Å²) in [5.74, 6) is 0. The van der Waals surface area contributed by atoms with Crippen molar-refractivity contribution in [2.24, 2.45) is 0 Å². The minimum atomic E-state index is 0. The van der Waals surface area contributed by atoms with Crippen LogP contribution in [0.2, 0.25) is 10.0 Å². The molecule has 1 N–H and O–H groups in total. The van der Waals surface area contributed by atoms with E-state index < -0.39 is 0 Å². The third-order valence-corrected chi connectivity index (χ3v) is 2.35. The van der Waals surface area contributed by atoms with E-state index in [0.29, 0.717) is 16.5 Å².